The van der Waals surface area contributed by atoms with Gasteiger partial charge in [0, 0.05) is 17.8 Å². The van der Waals surface area contributed by atoms with Crippen LogP contribution in [0.3, 0.4) is 0 Å². The van der Waals surface area contributed by atoms with E-state index in [2.05, 4.69) is 4.72 Å². The Morgan fingerprint density at radius 1 is 1.05 bits per heavy atom. The standard InChI is InChI=1S/C15H16N2O3S/c16-11-2-1-3-14(10-11)20-13-6-8-15(9-7-13)21(18,19)17-12-4-5-12/h1-3,6-10,12,17H,4-5,16H2. The molecular formula is C15H16N2O3S. The molecule has 1 fully saturated rings. The van der Waals surface area contributed by atoms with Crippen LogP contribution < -0.4 is 15.2 Å². The molecule has 5 nitrogen and oxygen atoms in total. The Kier molecular flexibility index (Phi) is 3.57. The molecule has 0 heterocycles. The summed E-state index contributed by atoms with van der Waals surface area (Å²) in [6.07, 6.45) is 1.83. The molecule has 0 aliphatic heterocycles. The van der Waals surface area contributed by atoms with Gasteiger partial charge in [-0.3, -0.25) is 0 Å². The third kappa shape index (κ3) is 3.53. The van der Waals surface area contributed by atoms with Gasteiger partial charge in [-0.05, 0) is 49.2 Å². The largest absolute Gasteiger partial charge is 0.457 e. The van der Waals surface area contributed by atoms with Gasteiger partial charge in [0.15, 0.2) is 0 Å². The maximum atomic E-state index is 12.0. The fourth-order valence-electron chi connectivity index (χ4n) is 1.89. The molecule has 0 aromatic heterocycles. The number of anilines is 1. The van der Waals surface area contributed by atoms with Crippen LogP contribution in [0.1, 0.15) is 12.8 Å². The van der Waals surface area contributed by atoms with Gasteiger partial charge in [0.25, 0.3) is 0 Å². The Hall–Kier alpha value is -2.05. The summed E-state index contributed by atoms with van der Waals surface area (Å²) in [4.78, 5) is 0.245. The van der Waals surface area contributed by atoms with Crippen molar-refractivity contribution in [1.29, 1.82) is 0 Å². The van der Waals surface area contributed by atoms with Gasteiger partial charge in [0.05, 0.1) is 4.90 Å². The smallest absolute Gasteiger partial charge is 0.240 e. The molecule has 0 amide bonds. The predicted octanol–water partition coefficient (Wildman–Crippen LogP) is 2.50. The first-order valence-corrected chi connectivity index (χ1v) is 8.17. The summed E-state index contributed by atoms with van der Waals surface area (Å²) in [6, 6.07) is 13.5. The van der Waals surface area contributed by atoms with Crippen molar-refractivity contribution in [3.05, 3.63) is 48.5 Å². The molecule has 0 spiro atoms. The molecule has 0 unspecified atom stereocenters. The second-order valence-corrected chi connectivity index (χ2v) is 6.76. The summed E-state index contributed by atoms with van der Waals surface area (Å²) in [7, 11) is -3.42. The maximum Gasteiger partial charge on any atom is 0.240 e. The van der Waals surface area contributed by atoms with Gasteiger partial charge < -0.3 is 10.5 Å². The number of nitrogens with two attached hydrogens (primary N) is 1. The van der Waals surface area contributed by atoms with Gasteiger partial charge in [0.1, 0.15) is 11.5 Å². The minimum atomic E-state index is -3.42. The van der Waals surface area contributed by atoms with Crippen molar-refractivity contribution in [2.45, 2.75) is 23.8 Å². The lowest BCUT2D eigenvalue weighted by Gasteiger charge is -2.08. The van der Waals surface area contributed by atoms with E-state index in [9.17, 15) is 8.42 Å². The number of nitrogen functional groups attached to an aromatic ring is 1. The quantitative estimate of drug-likeness (QED) is 0.832. The van der Waals surface area contributed by atoms with Gasteiger partial charge >= 0.3 is 0 Å². The summed E-state index contributed by atoms with van der Waals surface area (Å²) >= 11 is 0. The molecule has 2 aromatic carbocycles. The number of hydrogen-bond donors (Lipinski definition) is 2. The van der Waals surface area contributed by atoms with E-state index < -0.39 is 10.0 Å². The highest BCUT2D eigenvalue weighted by atomic mass is 32.2. The van der Waals surface area contributed by atoms with E-state index in [4.69, 9.17) is 10.5 Å². The first kappa shape index (κ1) is 13.9. The van der Waals surface area contributed by atoms with Crippen molar-refractivity contribution in [2.75, 3.05) is 5.73 Å². The molecule has 1 aliphatic carbocycles. The fourth-order valence-corrected chi connectivity index (χ4v) is 3.19. The van der Waals surface area contributed by atoms with E-state index in [0.717, 1.165) is 12.8 Å². The third-order valence-electron chi connectivity index (χ3n) is 3.13. The molecule has 0 radical (unpaired) electrons. The summed E-state index contributed by atoms with van der Waals surface area (Å²) in [5.41, 5.74) is 6.29. The zero-order valence-electron chi connectivity index (χ0n) is 11.3. The molecule has 0 bridgehead atoms. The SMILES string of the molecule is Nc1cccc(Oc2ccc(S(=O)(=O)NC3CC3)cc2)c1. The van der Waals surface area contributed by atoms with Crippen LogP contribution in [0.5, 0.6) is 11.5 Å². The molecule has 0 atom stereocenters. The lowest BCUT2D eigenvalue weighted by molar-refractivity contribution is 0.482. The van der Waals surface area contributed by atoms with Gasteiger partial charge in [-0.25, -0.2) is 13.1 Å². The monoisotopic (exact) mass is 304 g/mol. The summed E-state index contributed by atoms with van der Waals surface area (Å²) in [6.45, 7) is 0. The minimum absolute atomic E-state index is 0.0956. The molecule has 6 heteroatoms. The van der Waals surface area contributed by atoms with Crippen LogP contribution >= 0.6 is 0 Å². The van der Waals surface area contributed by atoms with Crippen molar-refractivity contribution < 1.29 is 13.2 Å². The molecule has 110 valence electrons. The number of ether oxygens (including phenoxy) is 1. The highest BCUT2D eigenvalue weighted by molar-refractivity contribution is 7.89. The molecule has 0 saturated heterocycles. The van der Waals surface area contributed by atoms with E-state index in [1.54, 1.807) is 36.4 Å². The Labute approximate surface area is 123 Å². The van der Waals surface area contributed by atoms with Gasteiger partial charge in [-0.15, -0.1) is 0 Å². The van der Waals surface area contributed by atoms with Crippen molar-refractivity contribution in [3.63, 3.8) is 0 Å². The van der Waals surface area contributed by atoms with E-state index >= 15 is 0 Å². The highest BCUT2D eigenvalue weighted by Crippen LogP contribution is 2.26. The van der Waals surface area contributed by atoms with Gasteiger partial charge in [-0.2, -0.15) is 0 Å². The zero-order chi connectivity index (χ0) is 14.9. The Balaban J connectivity index is 1.74. The number of rotatable bonds is 5. The average Bonchev–Trinajstić information content (AvgIpc) is 3.23. The number of hydrogen-bond acceptors (Lipinski definition) is 4. The van der Waals surface area contributed by atoms with Crippen molar-refractivity contribution in [2.24, 2.45) is 0 Å². The Morgan fingerprint density at radius 3 is 2.38 bits per heavy atom. The van der Waals surface area contributed by atoms with Crippen LogP contribution in [0.4, 0.5) is 5.69 Å². The predicted molar refractivity (Wildman–Crippen MR) is 80.7 cm³/mol. The molecule has 21 heavy (non-hydrogen) atoms. The molecule has 3 rings (SSSR count). The topological polar surface area (TPSA) is 81.4 Å². The normalized spacial score (nSPS) is 14.9. The lowest BCUT2D eigenvalue weighted by Crippen LogP contribution is -2.25. The second kappa shape index (κ2) is 5.38. The van der Waals surface area contributed by atoms with Crippen molar-refractivity contribution >= 4 is 15.7 Å². The van der Waals surface area contributed by atoms with Gasteiger partial charge in [0.2, 0.25) is 10.0 Å². The average molecular weight is 304 g/mol. The molecule has 1 aliphatic rings. The van der Waals surface area contributed by atoms with E-state index in [1.165, 1.54) is 12.1 Å². The second-order valence-electron chi connectivity index (χ2n) is 5.04. The van der Waals surface area contributed by atoms with Crippen LogP contribution in [-0.2, 0) is 10.0 Å². The molecule has 1 saturated carbocycles. The van der Waals surface area contributed by atoms with E-state index in [0.29, 0.717) is 17.2 Å². The maximum absolute atomic E-state index is 12.0. The Bertz CT molecular complexity index is 738. The van der Waals surface area contributed by atoms with Crippen molar-refractivity contribution in [1.82, 2.24) is 4.72 Å². The molecular weight excluding hydrogens is 288 g/mol. The first-order valence-electron chi connectivity index (χ1n) is 6.69. The first-order chi connectivity index (χ1) is 10.0. The van der Waals surface area contributed by atoms with Crippen LogP contribution in [-0.4, -0.2) is 14.5 Å². The number of nitrogens with one attached hydrogen (secondary N) is 1. The van der Waals surface area contributed by atoms with E-state index in [1.807, 2.05) is 0 Å². The summed E-state index contributed by atoms with van der Waals surface area (Å²) in [5.74, 6) is 1.17. The summed E-state index contributed by atoms with van der Waals surface area (Å²) < 4.78 is 32.3. The molecule has 2 aromatic rings. The minimum Gasteiger partial charge on any atom is -0.457 e. The Morgan fingerprint density at radius 2 is 1.76 bits per heavy atom. The van der Waals surface area contributed by atoms with Crippen LogP contribution in [0.25, 0.3) is 0 Å². The van der Waals surface area contributed by atoms with E-state index in [-0.39, 0.29) is 10.9 Å². The van der Waals surface area contributed by atoms with Crippen LogP contribution in [0, 0.1) is 0 Å². The molecule has 3 N–H and O–H groups in total. The van der Waals surface area contributed by atoms with Crippen LogP contribution in [0.2, 0.25) is 0 Å². The van der Waals surface area contributed by atoms with Gasteiger partial charge in [-0.1, -0.05) is 6.07 Å². The number of benzene rings is 2. The van der Waals surface area contributed by atoms with Crippen LogP contribution in [0.15, 0.2) is 53.4 Å². The van der Waals surface area contributed by atoms with Crippen molar-refractivity contribution in [3.8, 4) is 11.5 Å². The third-order valence-corrected chi connectivity index (χ3v) is 4.66. The fraction of sp³-hybridized carbons (Fsp3) is 0.200. The number of sulfonamides is 1. The summed E-state index contributed by atoms with van der Waals surface area (Å²) in [5, 5.41) is 0. The highest BCUT2D eigenvalue weighted by Gasteiger charge is 2.27. The lowest BCUT2D eigenvalue weighted by atomic mass is 10.3. The zero-order valence-corrected chi connectivity index (χ0v) is 12.1.